The van der Waals surface area contributed by atoms with Gasteiger partial charge >= 0.3 is 6.18 Å². The van der Waals surface area contributed by atoms with Crippen molar-refractivity contribution in [1.82, 2.24) is 15.3 Å². The Morgan fingerprint density at radius 2 is 1.72 bits per heavy atom. The van der Waals surface area contributed by atoms with Gasteiger partial charge in [-0.15, -0.1) is 0 Å². The molecule has 3 aromatic rings. The molecule has 1 unspecified atom stereocenters. The summed E-state index contributed by atoms with van der Waals surface area (Å²) in [7, 11) is 0. The molecule has 32 heavy (non-hydrogen) atoms. The first-order chi connectivity index (χ1) is 15.2. The summed E-state index contributed by atoms with van der Waals surface area (Å²) in [5.74, 6) is -1.10. The minimum absolute atomic E-state index is 0.169. The molecule has 2 aromatic carbocycles. The van der Waals surface area contributed by atoms with Crippen LogP contribution in [0.25, 0.3) is 0 Å². The minimum Gasteiger partial charge on any atom is -0.345 e. The summed E-state index contributed by atoms with van der Waals surface area (Å²) in [5.41, 5.74) is 0.412. The van der Waals surface area contributed by atoms with Gasteiger partial charge in [0.05, 0.1) is 23.0 Å². The van der Waals surface area contributed by atoms with Crippen LogP contribution in [0.4, 0.5) is 18.9 Å². The second kappa shape index (κ2) is 10.3. The second-order valence-electron chi connectivity index (χ2n) is 6.71. The molecule has 0 fully saturated rings. The molecule has 1 atom stereocenters. The van der Waals surface area contributed by atoms with E-state index >= 15 is 0 Å². The van der Waals surface area contributed by atoms with Crippen molar-refractivity contribution < 1.29 is 22.8 Å². The summed E-state index contributed by atoms with van der Waals surface area (Å²) in [6.45, 7) is 1.85. The highest BCUT2D eigenvalue weighted by Crippen LogP contribution is 2.28. The lowest BCUT2D eigenvalue weighted by molar-refractivity contribution is -0.141. The number of aromatic nitrogens is 2. The van der Waals surface area contributed by atoms with Crippen LogP contribution in [0.3, 0.4) is 0 Å². The SMILES string of the molecule is CC(NC(=O)c1ccccc1NC(=O)CSc1nccc(C(F)(F)F)n1)c1ccccc1. The van der Waals surface area contributed by atoms with Gasteiger partial charge in [0.15, 0.2) is 5.16 Å². The highest BCUT2D eigenvalue weighted by molar-refractivity contribution is 7.99. The van der Waals surface area contributed by atoms with E-state index < -0.39 is 17.8 Å². The van der Waals surface area contributed by atoms with E-state index in [-0.39, 0.29) is 28.4 Å². The van der Waals surface area contributed by atoms with Crippen molar-refractivity contribution in [2.45, 2.75) is 24.3 Å². The summed E-state index contributed by atoms with van der Waals surface area (Å²) in [6.07, 6.45) is -3.60. The topological polar surface area (TPSA) is 84.0 Å². The molecule has 0 aliphatic carbocycles. The van der Waals surface area contributed by atoms with Crippen LogP contribution in [-0.4, -0.2) is 27.5 Å². The zero-order valence-electron chi connectivity index (χ0n) is 16.9. The Hall–Kier alpha value is -3.40. The van der Waals surface area contributed by atoms with Crippen molar-refractivity contribution in [3.05, 3.63) is 83.7 Å². The molecule has 0 bridgehead atoms. The van der Waals surface area contributed by atoms with E-state index in [2.05, 4.69) is 20.6 Å². The van der Waals surface area contributed by atoms with E-state index in [0.717, 1.165) is 29.6 Å². The summed E-state index contributed by atoms with van der Waals surface area (Å²) in [6, 6.07) is 16.4. The van der Waals surface area contributed by atoms with Gasteiger partial charge in [-0.3, -0.25) is 9.59 Å². The molecular weight excluding hydrogens is 441 g/mol. The highest BCUT2D eigenvalue weighted by Gasteiger charge is 2.32. The monoisotopic (exact) mass is 460 g/mol. The van der Waals surface area contributed by atoms with Crippen molar-refractivity contribution in [3.8, 4) is 0 Å². The average molecular weight is 460 g/mol. The number of anilines is 1. The normalized spacial score (nSPS) is 12.1. The fourth-order valence-electron chi connectivity index (χ4n) is 2.77. The van der Waals surface area contributed by atoms with Crippen LogP contribution in [0.5, 0.6) is 0 Å². The Morgan fingerprint density at radius 3 is 2.44 bits per heavy atom. The quantitative estimate of drug-likeness (QED) is 0.394. The fraction of sp³-hybridized carbons (Fsp3) is 0.182. The van der Waals surface area contributed by atoms with Gasteiger partial charge in [-0.05, 0) is 30.7 Å². The van der Waals surface area contributed by atoms with Gasteiger partial charge in [-0.25, -0.2) is 9.97 Å². The Labute approximate surface area is 186 Å². The third-order valence-corrected chi connectivity index (χ3v) is 5.21. The molecule has 3 rings (SSSR count). The number of carbonyl (C=O) groups is 2. The zero-order chi connectivity index (χ0) is 23.1. The number of rotatable bonds is 7. The molecule has 2 amide bonds. The third-order valence-electron chi connectivity index (χ3n) is 4.35. The summed E-state index contributed by atoms with van der Waals surface area (Å²) < 4.78 is 38.3. The number of nitrogens with one attached hydrogen (secondary N) is 2. The Morgan fingerprint density at radius 1 is 1.03 bits per heavy atom. The van der Waals surface area contributed by atoms with Crippen LogP contribution in [0.1, 0.15) is 34.6 Å². The predicted molar refractivity (Wildman–Crippen MR) is 115 cm³/mol. The number of alkyl halides is 3. The molecule has 0 aliphatic rings. The van der Waals surface area contributed by atoms with Gasteiger partial charge in [-0.2, -0.15) is 13.2 Å². The molecule has 0 saturated carbocycles. The lowest BCUT2D eigenvalue weighted by Crippen LogP contribution is -2.28. The van der Waals surface area contributed by atoms with Crippen LogP contribution in [0, 0.1) is 0 Å². The fourth-order valence-corrected chi connectivity index (χ4v) is 3.40. The molecule has 0 aliphatic heterocycles. The van der Waals surface area contributed by atoms with E-state index in [9.17, 15) is 22.8 Å². The molecule has 0 spiro atoms. The van der Waals surface area contributed by atoms with Crippen molar-refractivity contribution >= 4 is 29.3 Å². The van der Waals surface area contributed by atoms with Crippen LogP contribution in [0.15, 0.2) is 72.0 Å². The number of para-hydroxylation sites is 1. The Kier molecular flexibility index (Phi) is 7.47. The molecule has 1 heterocycles. The van der Waals surface area contributed by atoms with Crippen LogP contribution in [0.2, 0.25) is 0 Å². The number of amides is 2. The lowest BCUT2D eigenvalue weighted by atomic mass is 10.1. The van der Waals surface area contributed by atoms with E-state index in [4.69, 9.17) is 0 Å². The van der Waals surface area contributed by atoms with Crippen molar-refractivity contribution in [1.29, 1.82) is 0 Å². The number of nitrogens with zero attached hydrogens (tertiary/aromatic N) is 2. The van der Waals surface area contributed by atoms with Gasteiger partial charge in [0.1, 0.15) is 5.69 Å². The first-order valence-electron chi connectivity index (χ1n) is 9.52. The second-order valence-corrected chi connectivity index (χ2v) is 7.65. The summed E-state index contributed by atoms with van der Waals surface area (Å²) in [4.78, 5) is 32.3. The average Bonchev–Trinajstić information content (AvgIpc) is 2.78. The molecule has 6 nitrogen and oxygen atoms in total. The van der Waals surface area contributed by atoms with Crippen molar-refractivity contribution in [2.75, 3.05) is 11.1 Å². The Balaban J connectivity index is 1.63. The van der Waals surface area contributed by atoms with Crippen molar-refractivity contribution in [3.63, 3.8) is 0 Å². The first kappa shape index (κ1) is 23.3. The standard InChI is InChI=1S/C22H19F3N4O2S/c1-14(15-7-3-2-4-8-15)27-20(31)16-9-5-6-10-17(16)28-19(30)13-32-21-26-12-11-18(29-21)22(23,24)25/h2-12,14H,13H2,1H3,(H,27,31)(H,28,30). The van der Waals surface area contributed by atoms with Gasteiger partial charge in [0.25, 0.3) is 5.91 Å². The van der Waals surface area contributed by atoms with Gasteiger partial charge < -0.3 is 10.6 Å². The largest absolute Gasteiger partial charge is 0.433 e. The third kappa shape index (κ3) is 6.30. The van der Waals surface area contributed by atoms with Gasteiger partial charge in [0, 0.05) is 6.20 Å². The molecule has 10 heteroatoms. The highest BCUT2D eigenvalue weighted by atomic mass is 32.2. The number of halogens is 3. The number of hydrogen-bond donors (Lipinski definition) is 2. The Bertz CT molecular complexity index is 1090. The lowest BCUT2D eigenvalue weighted by Gasteiger charge is -2.16. The number of thioether (sulfide) groups is 1. The molecule has 0 radical (unpaired) electrons. The van der Waals surface area contributed by atoms with Crippen LogP contribution in [-0.2, 0) is 11.0 Å². The van der Waals surface area contributed by atoms with E-state index in [1.165, 1.54) is 0 Å². The summed E-state index contributed by atoms with van der Waals surface area (Å²) >= 11 is 0.765. The smallest absolute Gasteiger partial charge is 0.345 e. The maximum Gasteiger partial charge on any atom is 0.433 e. The molecular formula is C22H19F3N4O2S. The van der Waals surface area contributed by atoms with Crippen LogP contribution < -0.4 is 10.6 Å². The van der Waals surface area contributed by atoms with Crippen LogP contribution >= 0.6 is 11.8 Å². The maximum absolute atomic E-state index is 12.8. The zero-order valence-corrected chi connectivity index (χ0v) is 17.7. The molecule has 2 N–H and O–H groups in total. The number of carbonyl (C=O) groups excluding carboxylic acids is 2. The number of benzene rings is 2. The maximum atomic E-state index is 12.8. The van der Waals surface area contributed by atoms with E-state index in [1.807, 2.05) is 37.3 Å². The number of hydrogen-bond acceptors (Lipinski definition) is 5. The van der Waals surface area contributed by atoms with E-state index in [0.29, 0.717) is 5.69 Å². The summed E-state index contributed by atoms with van der Waals surface area (Å²) in [5, 5.41) is 5.33. The van der Waals surface area contributed by atoms with Gasteiger partial charge in [0.2, 0.25) is 5.91 Å². The molecule has 166 valence electrons. The minimum atomic E-state index is -4.59. The molecule has 0 saturated heterocycles. The van der Waals surface area contributed by atoms with E-state index in [1.54, 1.807) is 24.3 Å². The van der Waals surface area contributed by atoms with Crippen molar-refractivity contribution in [2.24, 2.45) is 0 Å². The first-order valence-corrected chi connectivity index (χ1v) is 10.5. The predicted octanol–water partition coefficient (Wildman–Crippen LogP) is 4.72. The van der Waals surface area contributed by atoms with Gasteiger partial charge in [-0.1, -0.05) is 54.2 Å². The molecule has 1 aromatic heterocycles.